The van der Waals surface area contributed by atoms with E-state index in [0.29, 0.717) is 0 Å². The van der Waals surface area contributed by atoms with Crippen LogP contribution in [0.2, 0.25) is 0 Å². The predicted molar refractivity (Wildman–Crippen MR) is 107 cm³/mol. The highest BCUT2D eigenvalue weighted by Gasteiger charge is 1.99. The molecule has 2 aromatic rings. The zero-order valence-corrected chi connectivity index (χ0v) is 15.9. The van der Waals surface area contributed by atoms with Gasteiger partial charge in [0.1, 0.15) is 5.75 Å². The minimum atomic E-state index is 0. The maximum Gasteiger partial charge on any atom is 0.191 e. The van der Waals surface area contributed by atoms with Gasteiger partial charge in [-0.05, 0) is 29.7 Å². The van der Waals surface area contributed by atoms with Crippen molar-refractivity contribution in [2.24, 2.45) is 4.99 Å². The number of nitrogens with zero attached hydrogens (tertiary/aromatic N) is 1. The Bertz CT molecular complexity index is 585. The molecule has 0 aromatic heterocycles. The molecule has 0 spiro atoms. The Morgan fingerprint density at radius 1 is 0.957 bits per heavy atom. The molecule has 0 saturated heterocycles. The zero-order valence-electron chi connectivity index (χ0n) is 13.6. The standard InChI is InChI=1S/C18H23N3O.HI/c1-19-18(20-13-12-15-6-4-3-5-7-15)21-14-16-8-10-17(22-2)11-9-16;/h3-11H,12-14H2,1-2H3,(H2,19,20,21);1H. The van der Waals surface area contributed by atoms with Crippen LogP contribution in [0.1, 0.15) is 11.1 Å². The summed E-state index contributed by atoms with van der Waals surface area (Å²) in [5, 5.41) is 6.63. The van der Waals surface area contributed by atoms with Crippen molar-refractivity contribution >= 4 is 29.9 Å². The molecular weight excluding hydrogens is 401 g/mol. The third kappa shape index (κ3) is 6.90. The predicted octanol–water partition coefficient (Wildman–Crippen LogP) is 3.22. The second-order valence-electron chi connectivity index (χ2n) is 4.94. The molecule has 2 aromatic carbocycles. The van der Waals surface area contributed by atoms with Gasteiger partial charge in [-0.2, -0.15) is 0 Å². The summed E-state index contributed by atoms with van der Waals surface area (Å²) in [6.07, 6.45) is 0.976. The van der Waals surface area contributed by atoms with Gasteiger partial charge in [-0.15, -0.1) is 24.0 Å². The molecule has 0 unspecified atom stereocenters. The molecule has 0 amide bonds. The van der Waals surface area contributed by atoms with Crippen molar-refractivity contribution in [1.29, 1.82) is 0 Å². The highest BCUT2D eigenvalue weighted by Crippen LogP contribution is 2.10. The van der Waals surface area contributed by atoms with Gasteiger partial charge in [0, 0.05) is 20.1 Å². The lowest BCUT2D eigenvalue weighted by Gasteiger charge is -2.12. The third-order valence-corrected chi connectivity index (χ3v) is 3.39. The van der Waals surface area contributed by atoms with Gasteiger partial charge in [0.05, 0.1) is 7.11 Å². The summed E-state index contributed by atoms with van der Waals surface area (Å²) in [7, 11) is 3.46. The molecular formula is C18H24IN3O. The van der Waals surface area contributed by atoms with Crippen LogP contribution in [0.25, 0.3) is 0 Å². The molecule has 0 heterocycles. The first-order valence-corrected chi connectivity index (χ1v) is 7.43. The molecule has 23 heavy (non-hydrogen) atoms. The number of halogens is 1. The summed E-state index contributed by atoms with van der Waals surface area (Å²) in [5.74, 6) is 1.68. The third-order valence-electron chi connectivity index (χ3n) is 3.39. The van der Waals surface area contributed by atoms with Crippen LogP contribution in [-0.2, 0) is 13.0 Å². The Kier molecular flexibility index (Phi) is 9.12. The Balaban J connectivity index is 0.00000264. The first-order valence-electron chi connectivity index (χ1n) is 7.43. The second kappa shape index (κ2) is 10.9. The molecule has 0 fully saturated rings. The van der Waals surface area contributed by atoms with Gasteiger partial charge >= 0.3 is 0 Å². The van der Waals surface area contributed by atoms with E-state index >= 15 is 0 Å². The van der Waals surface area contributed by atoms with Crippen molar-refractivity contribution in [2.75, 3.05) is 20.7 Å². The van der Waals surface area contributed by atoms with Gasteiger partial charge in [0.15, 0.2) is 5.96 Å². The first-order chi connectivity index (χ1) is 10.8. The summed E-state index contributed by atoms with van der Waals surface area (Å²) in [6, 6.07) is 18.4. The number of guanidine groups is 1. The van der Waals surface area contributed by atoms with Gasteiger partial charge in [-0.3, -0.25) is 4.99 Å². The number of aliphatic imine (C=N–C) groups is 1. The minimum absolute atomic E-state index is 0. The quantitative estimate of drug-likeness (QED) is 0.425. The van der Waals surface area contributed by atoms with Crippen molar-refractivity contribution < 1.29 is 4.74 Å². The van der Waals surface area contributed by atoms with E-state index in [0.717, 1.165) is 31.2 Å². The lowest BCUT2D eigenvalue weighted by molar-refractivity contribution is 0.414. The number of benzene rings is 2. The number of nitrogens with one attached hydrogen (secondary N) is 2. The topological polar surface area (TPSA) is 45.7 Å². The van der Waals surface area contributed by atoms with Crippen molar-refractivity contribution in [3.63, 3.8) is 0 Å². The van der Waals surface area contributed by atoms with Crippen LogP contribution in [-0.4, -0.2) is 26.7 Å². The average molecular weight is 425 g/mol. The molecule has 0 aliphatic carbocycles. The number of ether oxygens (including phenoxy) is 1. The maximum atomic E-state index is 5.15. The fourth-order valence-corrected chi connectivity index (χ4v) is 2.12. The van der Waals surface area contributed by atoms with Crippen LogP contribution >= 0.6 is 24.0 Å². The van der Waals surface area contributed by atoms with Crippen LogP contribution in [0.5, 0.6) is 5.75 Å². The average Bonchev–Trinajstić information content (AvgIpc) is 2.59. The van der Waals surface area contributed by atoms with Crippen LogP contribution in [0.3, 0.4) is 0 Å². The Morgan fingerprint density at radius 3 is 2.26 bits per heavy atom. The van der Waals surface area contributed by atoms with E-state index in [1.807, 2.05) is 30.3 Å². The van der Waals surface area contributed by atoms with E-state index in [-0.39, 0.29) is 24.0 Å². The zero-order chi connectivity index (χ0) is 15.6. The highest BCUT2D eigenvalue weighted by atomic mass is 127. The first kappa shape index (κ1) is 19.3. The molecule has 0 atom stereocenters. The summed E-state index contributed by atoms with van der Waals surface area (Å²) in [6.45, 7) is 1.58. The van der Waals surface area contributed by atoms with E-state index in [2.05, 4.69) is 39.9 Å². The van der Waals surface area contributed by atoms with E-state index in [1.165, 1.54) is 11.1 Å². The van der Waals surface area contributed by atoms with Crippen molar-refractivity contribution in [2.45, 2.75) is 13.0 Å². The largest absolute Gasteiger partial charge is 0.497 e. The van der Waals surface area contributed by atoms with Crippen LogP contribution < -0.4 is 15.4 Å². The smallest absolute Gasteiger partial charge is 0.191 e. The van der Waals surface area contributed by atoms with Crippen LogP contribution in [0.4, 0.5) is 0 Å². The molecule has 0 aliphatic rings. The molecule has 0 saturated carbocycles. The Morgan fingerprint density at radius 2 is 1.65 bits per heavy atom. The monoisotopic (exact) mass is 425 g/mol. The Labute approximate surface area is 155 Å². The van der Waals surface area contributed by atoms with Gasteiger partial charge < -0.3 is 15.4 Å². The fourth-order valence-electron chi connectivity index (χ4n) is 2.12. The molecule has 0 bridgehead atoms. The van der Waals surface area contributed by atoms with Gasteiger partial charge in [-0.25, -0.2) is 0 Å². The number of rotatable bonds is 6. The van der Waals surface area contributed by atoms with Gasteiger partial charge in [-0.1, -0.05) is 42.5 Å². The minimum Gasteiger partial charge on any atom is -0.497 e. The van der Waals surface area contributed by atoms with Crippen molar-refractivity contribution in [1.82, 2.24) is 10.6 Å². The summed E-state index contributed by atoms with van der Waals surface area (Å²) >= 11 is 0. The fraction of sp³-hybridized carbons (Fsp3) is 0.278. The molecule has 0 radical (unpaired) electrons. The van der Waals surface area contributed by atoms with Crippen molar-refractivity contribution in [3.8, 4) is 5.75 Å². The normalized spacial score (nSPS) is 10.6. The lowest BCUT2D eigenvalue weighted by Crippen LogP contribution is -2.37. The summed E-state index contributed by atoms with van der Waals surface area (Å²) < 4.78 is 5.15. The Hall–Kier alpha value is -1.76. The molecule has 2 N–H and O–H groups in total. The summed E-state index contributed by atoms with van der Waals surface area (Å²) in [4.78, 5) is 4.24. The number of hydrogen-bond donors (Lipinski definition) is 2. The van der Waals surface area contributed by atoms with E-state index in [9.17, 15) is 0 Å². The van der Waals surface area contributed by atoms with E-state index in [1.54, 1.807) is 14.2 Å². The van der Waals surface area contributed by atoms with E-state index in [4.69, 9.17) is 4.74 Å². The van der Waals surface area contributed by atoms with Crippen molar-refractivity contribution in [3.05, 3.63) is 65.7 Å². The van der Waals surface area contributed by atoms with Crippen LogP contribution in [0.15, 0.2) is 59.6 Å². The second-order valence-corrected chi connectivity index (χ2v) is 4.94. The number of hydrogen-bond acceptors (Lipinski definition) is 2. The number of methoxy groups -OCH3 is 1. The maximum absolute atomic E-state index is 5.15. The van der Waals surface area contributed by atoms with Gasteiger partial charge in [0.2, 0.25) is 0 Å². The summed E-state index contributed by atoms with van der Waals surface area (Å²) in [5.41, 5.74) is 2.51. The SMILES string of the molecule is CN=C(NCCc1ccccc1)NCc1ccc(OC)cc1.I. The van der Waals surface area contributed by atoms with Gasteiger partial charge in [0.25, 0.3) is 0 Å². The molecule has 2 rings (SSSR count). The van der Waals surface area contributed by atoms with Crippen LogP contribution in [0, 0.1) is 0 Å². The molecule has 5 heteroatoms. The molecule has 124 valence electrons. The molecule has 0 aliphatic heterocycles. The highest BCUT2D eigenvalue weighted by molar-refractivity contribution is 14.0. The van der Waals surface area contributed by atoms with E-state index < -0.39 is 0 Å². The lowest BCUT2D eigenvalue weighted by atomic mass is 10.1. The molecule has 4 nitrogen and oxygen atoms in total.